The van der Waals surface area contributed by atoms with Gasteiger partial charge in [-0.2, -0.15) is 5.10 Å². The van der Waals surface area contributed by atoms with Gasteiger partial charge in [0.25, 0.3) is 5.91 Å². The predicted octanol–water partition coefficient (Wildman–Crippen LogP) is 2.02. The van der Waals surface area contributed by atoms with Crippen molar-refractivity contribution < 1.29 is 18.7 Å². The molecule has 1 N–H and O–H groups in total. The fraction of sp³-hybridized carbons (Fsp3) is 0.0588. The maximum Gasteiger partial charge on any atom is 0.343 e. The quantitative estimate of drug-likeness (QED) is 0.452. The maximum atomic E-state index is 12.2. The van der Waals surface area contributed by atoms with E-state index in [1.807, 2.05) is 6.07 Å². The summed E-state index contributed by atoms with van der Waals surface area (Å²) >= 11 is 0. The monoisotopic (exact) mass is 336 g/mol. The molecule has 1 aromatic carbocycles. The van der Waals surface area contributed by atoms with E-state index in [-0.39, 0.29) is 12.4 Å². The van der Waals surface area contributed by atoms with E-state index < -0.39 is 11.9 Å². The van der Waals surface area contributed by atoms with Crippen LogP contribution in [0.1, 0.15) is 20.8 Å². The molecular formula is C17H12N4O4. The lowest BCUT2D eigenvalue weighted by Crippen LogP contribution is -2.29. The van der Waals surface area contributed by atoms with Gasteiger partial charge < -0.3 is 14.5 Å². The number of esters is 1. The number of para-hydroxylation sites is 1. The van der Waals surface area contributed by atoms with Gasteiger partial charge in [0, 0.05) is 11.6 Å². The van der Waals surface area contributed by atoms with E-state index in [4.69, 9.17) is 9.15 Å². The molecule has 25 heavy (non-hydrogen) atoms. The molecule has 0 radical (unpaired) electrons. The average Bonchev–Trinajstić information content (AvgIpc) is 3.27. The van der Waals surface area contributed by atoms with Gasteiger partial charge in [-0.1, -0.05) is 12.1 Å². The number of furan rings is 1. The highest BCUT2D eigenvalue weighted by Gasteiger charge is 2.16. The summed E-state index contributed by atoms with van der Waals surface area (Å²) in [6, 6.07) is 10.4. The molecule has 0 aliphatic carbocycles. The van der Waals surface area contributed by atoms with Gasteiger partial charge in [0.05, 0.1) is 12.5 Å². The van der Waals surface area contributed by atoms with E-state index in [9.17, 15) is 9.59 Å². The molecule has 124 valence electrons. The van der Waals surface area contributed by atoms with Gasteiger partial charge in [-0.3, -0.25) is 4.79 Å². The summed E-state index contributed by atoms with van der Waals surface area (Å²) < 4.78 is 11.8. The number of amides is 1. The second kappa shape index (κ2) is 6.08. The molecule has 4 rings (SSSR count). The summed E-state index contributed by atoms with van der Waals surface area (Å²) in [5, 5.41) is 7.36. The molecular weight excluding hydrogens is 324 g/mol. The molecule has 8 nitrogen and oxygen atoms in total. The number of carbonyl (C=O) groups is 2. The summed E-state index contributed by atoms with van der Waals surface area (Å²) in [4.78, 5) is 28.4. The largest absolute Gasteiger partial charge is 0.463 e. The minimum absolute atomic E-state index is 0.250. The summed E-state index contributed by atoms with van der Waals surface area (Å²) in [5.41, 5.74) is 1.55. The normalized spacial score (nSPS) is 10.9. The number of carbonyl (C=O) groups excluding carboxylic acids is 2. The highest BCUT2D eigenvalue weighted by Crippen LogP contribution is 2.20. The average molecular weight is 336 g/mol. The van der Waals surface area contributed by atoms with Crippen LogP contribution in [0.25, 0.3) is 16.6 Å². The van der Waals surface area contributed by atoms with Gasteiger partial charge >= 0.3 is 5.97 Å². The standard InChI is InChI=1S/C17H12N4O4/c22-16(13-9-18-14-5-2-7-20-21(13)14)19-10-25-17(23)12-4-1-3-11-6-8-24-15(11)12/h1-9H,10H2,(H,19,22). The number of fused-ring (bicyclic) bond motifs is 2. The van der Waals surface area contributed by atoms with Gasteiger partial charge in [-0.15, -0.1) is 0 Å². The second-order valence-electron chi connectivity index (χ2n) is 5.16. The Hall–Kier alpha value is -3.68. The first kappa shape index (κ1) is 14.9. The fourth-order valence-corrected chi connectivity index (χ4v) is 2.47. The molecule has 0 spiro atoms. The van der Waals surface area contributed by atoms with Crippen molar-refractivity contribution in [1.29, 1.82) is 0 Å². The molecule has 8 heteroatoms. The Labute approximate surface area is 141 Å². The van der Waals surface area contributed by atoms with Crippen molar-refractivity contribution in [3.05, 3.63) is 66.3 Å². The van der Waals surface area contributed by atoms with E-state index in [0.29, 0.717) is 16.8 Å². The van der Waals surface area contributed by atoms with Crippen molar-refractivity contribution in [3.8, 4) is 0 Å². The molecule has 0 saturated carbocycles. The zero-order chi connectivity index (χ0) is 17.2. The summed E-state index contributed by atoms with van der Waals surface area (Å²) in [6.45, 7) is -0.283. The molecule has 0 atom stereocenters. The van der Waals surface area contributed by atoms with Crippen LogP contribution in [-0.2, 0) is 4.74 Å². The van der Waals surface area contributed by atoms with E-state index in [1.54, 1.807) is 36.5 Å². The molecule has 3 aromatic heterocycles. The zero-order valence-electron chi connectivity index (χ0n) is 12.9. The number of benzene rings is 1. The van der Waals surface area contributed by atoms with Crippen molar-refractivity contribution in [3.63, 3.8) is 0 Å². The third kappa shape index (κ3) is 2.69. The maximum absolute atomic E-state index is 12.2. The lowest BCUT2D eigenvalue weighted by Gasteiger charge is -2.07. The van der Waals surface area contributed by atoms with Gasteiger partial charge in [0.15, 0.2) is 18.1 Å². The topological polar surface area (TPSA) is 98.7 Å². The lowest BCUT2D eigenvalue weighted by atomic mass is 10.1. The molecule has 0 bridgehead atoms. The van der Waals surface area contributed by atoms with Gasteiger partial charge in [-0.25, -0.2) is 14.3 Å². The number of imidazole rings is 1. The SMILES string of the molecule is O=C(OCNC(=O)c1cnc2cccnn12)c1cccc2ccoc12. The van der Waals surface area contributed by atoms with Crippen LogP contribution in [0.4, 0.5) is 0 Å². The van der Waals surface area contributed by atoms with Gasteiger partial charge in [0.1, 0.15) is 11.1 Å². The minimum Gasteiger partial charge on any atom is -0.463 e. The summed E-state index contributed by atoms with van der Waals surface area (Å²) in [7, 11) is 0. The highest BCUT2D eigenvalue weighted by molar-refractivity contribution is 6.02. The predicted molar refractivity (Wildman–Crippen MR) is 86.9 cm³/mol. The number of rotatable bonds is 4. The molecule has 0 aliphatic heterocycles. The molecule has 0 unspecified atom stereocenters. The van der Waals surface area contributed by atoms with Crippen molar-refractivity contribution in [1.82, 2.24) is 19.9 Å². The third-order valence-corrected chi connectivity index (χ3v) is 3.65. The van der Waals surface area contributed by atoms with E-state index in [2.05, 4.69) is 15.4 Å². The molecule has 4 aromatic rings. The van der Waals surface area contributed by atoms with E-state index in [1.165, 1.54) is 17.0 Å². The number of aromatic nitrogens is 3. The van der Waals surface area contributed by atoms with Crippen molar-refractivity contribution >= 4 is 28.5 Å². The van der Waals surface area contributed by atoms with Crippen molar-refractivity contribution in [2.75, 3.05) is 6.73 Å². The first-order valence-electron chi connectivity index (χ1n) is 7.44. The Morgan fingerprint density at radius 1 is 1.20 bits per heavy atom. The number of ether oxygens (including phenoxy) is 1. The third-order valence-electron chi connectivity index (χ3n) is 3.65. The van der Waals surface area contributed by atoms with Crippen LogP contribution in [-0.4, -0.2) is 33.2 Å². The Bertz CT molecular complexity index is 1080. The zero-order valence-corrected chi connectivity index (χ0v) is 12.9. The van der Waals surface area contributed by atoms with Crippen molar-refractivity contribution in [2.24, 2.45) is 0 Å². The Balaban J connectivity index is 1.43. The molecule has 0 saturated heterocycles. The van der Waals surface area contributed by atoms with Gasteiger partial charge in [-0.05, 0) is 24.3 Å². The van der Waals surface area contributed by atoms with Crippen LogP contribution < -0.4 is 5.32 Å². The Kier molecular flexibility index (Phi) is 3.62. The Morgan fingerprint density at radius 2 is 2.12 bits per heavy atom. The van der Waals surface area contributed by atoms with Crippen LogP contribution in [0.2, 0.25) is 0 Å². The summed E-state index contributed by atoms with van der Waals surface area (Å²) in [5.74, 6) is -1.03. The summed E-state index contributed by atoms with van der Waals surface area (Å²) in [6.07, 6.45) is 4.46. The van der Waals surface area contributed by atoms with E-state index in [0.717, 1.165) is 5.39 Å². The molecule has 0 fully saturated rings. The van der Waals surface area contributed by atoms with Crippen LogP contribution >= 0.6 is 0 Å². The van der Waals surface area contributed by atoms with Crippen LogP contribution in [0.3, 0.4) is 0 Å². The first-order valence-corrected chi connectivity index (χ1v) is 7.44. The van der Waals surface area contributed by atoms with Crippen LogP contribution in [0.15, 0.2) is 59.5 Å². The lowest BCUT2D eigenvalue weighted by molar-refractivity contribution is 0.0464. The first-order chi connectivity index (χ1) is 12.2. The number of nitrogens with zero attached hydrogens (tertiary/aromatic N) is 3. The fourth-order valence-electron chi connectivity index (χ4n) is 2.47. The second-order valence-corrected chi connectivity index (χ2v) is 5.16. The number of nitrogens with one attached hydrogen (secondary N) is 1. The van der Waals surface area contributed by atoms with Crippen molar-refractivity contribution in [2.45, 2.75) is 0 Å². The smallest absolute Gasteiger partial charge is 0.343 e. The molecule has 0 aliphatic rings. The van der Waals surface area contributed by atoms with Crippen LogP contribution in [0.5, 0.6) is 0 Å². The number of hydrogen-bond acceptors (Lipinski definition) is 6. The molecule has 3 heterocycles. The highest BCUT2D eigenvalue weighted by atomic mass is 16.5. The van der Waals surface area contributed by atoms with Gasteiger partial charge in [0.2, 0.25) is 0 Å². The molecule has 1 amide bonds. The van der Waals surface area contributed by atoms with E-state index >= 15 is 0 Å². The number of hydrogen-bond donors (Lipinski definition) is 1. The minimum atomic E-state index is -0.586. The Morgan fingerprint density at radius 3 is 3.04 bits per heavy atom. The van der Waals surface area contributed by atoms with Crippen LogP contribution in [0, 0.1) is 0 Å².